The summed E-state index contributed by atoms with van der Waals surface area (Å²) in [6.07, 6.45) is 0. The van der Waals surface area contributed by atoms with E-state index in [-0.39, 0.29) is 17.5 Å². The fourth-order valence-electron chi connectivity index (χ4n) is 1.08. The number of ether oxygens (including phenoxy) is 1. The summed E-state index contributed by atoms with van der Waals surface area (Å²) in [6.45, 7) is 5.47. The molecule has 0 fully saturated rings. The first-order valence-electron chi connectivity index (χ1n) is 5.07. The summed E-state index contributed by atoms with van der Waals surface area (Å²) in [6, 6.07) is 4.64. The van der Waals surface area contributed by atoms with Crippen molar-refractivity contribution in [1.29, 1.82) is 0 Å². The highest BCUT2D eigenvalue weighted by molar-refractivity contribution is 9.10. The van der Waals surface area contributed by atoms with Crippen LogP contribution in [0.1, 0.15) is 20.8 Å². The number of hydrogen-bond acceptors (Lipinski definition) is 3. The summed E-state index contributed by atoms with van der Waals surface area (Å²) < 4.78 is 18.5. The first-order valence-corrected chi connectivity index (χ1v) is 6.85. The van der Waals surface area contributed by atoms with Crippen LogP contribution in [-0.2, 0) is 9.53 Å². The quantitative estimate of drug-likeness (QED) is 0.621. The molecule has 0 radical (unpaired) electrons. The van der Waals surface area contributed by atoms with Crippen LogP contribution < -0.4 is 0 Å². The molecule has 0 atom stereocenters. The summed E-state index contributed by atoms with van der Waals surface area (Å²) in [4.78, 5) is 12.3. The summed E-state index contributed by atoms with van der Waals surface area (Å²) in [7, 11) is 0. The molecule has 0 aliphatic carbocycles. The van der Waals surface area contributed by atoms with Crippen LogP contribution in [0.3, 0.4) is 0 Å². The van der Waals surface area contributed by atoms with Crippen LogP contribution in [0.25, 0.3) is 0 Å². The maximum absolute atomic E-state index is 13.0. The number of benzene rings is 1. The maximum Gasteiger partial charge on any atom is 0.316 e. The molecule has 17 heavy (non-hydrogen) atoms. The Morgan fingerprint density at radius 3 is 2.65 bits per heavy atom. The van der Waals surface area contributed by atoms with Gasteiger partial charge in [-0.3, -0.25) is 4.79 Å². The van der Waals surface area contributed by atoms with E-state index in [1.165, 1.54) is 17.8 Å². The predicted molar refractivity (Wildman–Crippen MR) is 70.7 cm³/mol. The zero-order chi connectivity index (χ0) is 13.1. The molecule has 0 N–H and O–H groups in total. The largest absolute Gasteiger partial charge is 0.459 e. The van der Waals surface area contributed by atoms with Gasteiger partial charge < -0.3 is 4.74 Å². The Labute approximate surface area is 113 Å². The second-order valence-electron chi connectivity index (χ2n) is 4.45. The van der Waals surface area contributed by atoms with Gasteiger partial charge in [0, 0.05) is 4.90 Å². The molecule has 0 aliphatic heterocycles. The highest BCUT2D eigenvalue weighted by Gasteiger charge is 2.16. The third-order valence-electron chi connectivity index (χ3n) is 1.67. The maximum atomic E-state index is 13.0. The van der Waals surface area contributed by atoms with E-state index in [2.05, 4.69) is 15.9 Å². The lowest BCUT2D eigenvalue weighted by molar-refractivity contribution is -0.151. The van der Waals surface area contributed by atoms with Crippen molar-refractivity contribution in [2.75, 3.05) is 5.75 Å². The molecule has 0 amide bonds. The third-order valence-corrected chi connectivity index (χ3v) is 3.24. The topological polar surface area (TPSA) is 26.3 Å². The lowest BCUT2D eigenvalue weighted by Gasteiger charge is -2.19. The van der Waals surface area contributed by atoms with Gasteiger partial charge in [0.2, 0.25) is 0 Å². The molecule has 5 heteroatoms. The fourth-order valence-corrected chi connectivity index (χ4v) is 2.32. The van der Waals surface area contributed by atoms with Crippen LogP contribution in [-0.4, -0.2) is 17.3 Å². The fraction of sp³-hybridized carbons (Fsp3) is 0.417. The van der Waals surface area contributed by atoms with E-state index in [1.807, 2.05) is 20.8 Å². The molecule has 0 bridgehead atoms. The minimum absolute atomic E-state index is 0.218. The standard InChI is InChI=1S/C12H14BrFO2S/c1-12(2,3)16-11(15)7-17-8-4-5-10(14)9(13)6-8/h4-6H,7H2,1-3H3. The normalized spacial score (nSPS) is 11.4. The Bertz CT molecular complexity index is 415. The molecule has 0 saturated heterocycles. The molecule has 1 aromatic rings. The highest BCUT2D eigenvalue weighted by Crippen LogP contribution is 2.24. The zero-order valence-electron chi connectivity index (χ0n) is 9.92. The van der Waals surface area contributed by atoms with E-state index in [9.17, 15) is 9.18 Å². The zero-order valence-corrected chi connectivity index (χ0v) is 12.3. The van der Waals surface area contributed by atoms with Crippen molar-refractivity contribution in [3.8, 4) is 0 Å². The Kier molecular flexibility index (Phi) is 5.01. The Hall–Kier alpha value is -0.550. The van der Waals surface area contributed by atoms with E-state index in [1.54, 1.807) is 12.1 Å². The Morgan fingerprint density at radius 1 is 1.47 bits per heavy atom. The molecule has 0 unspecified atom stereocenters. The van der Waals surface area contributed by atoms with Crippen LogP contribution in [0.4, 0.5) is 4.39 Å². The molecule has 2 nitrogen and oxygen atoms in total. The van der Waals surface area contributed by atoms with E-state index < -0.39 is 5.60 Å². The van der Waals surface area contributed by atoms with Crippen LogP contribution in [0.2, 0.25) is 0 Å². The van der Waals surface area contributed by atoms with E-state index in [0.717, 1.165) is 4.90 Å². The molecule has 0 spiro atoms. The van der Waals surface area contributed by atoms with Crippen molar-refractivity contribution in [2.45, 2.75) is 31.3 Å². The van der Waals surface area contributed by atoms with Crippen molar-refractivity contribution in [3.63, 3.8) is 0 Å². The van der Waals surface area contributed by atoms with Gasteiger partial charge in [0.25, 0.3) is 0 Å². The second-order valence-corrected chi connectivity index (χ2v) is 6.35. The van der Waals surface area contributed by atoms with Crippen LogP contribution in [0.5, 0.6) is 0 Å². The molecule has 1 rings (SSSR count). The van der Waals surface area contributed by atoms with Gasteiger partial charge in [0.15, 0.2) is 0 Å². The minimum Gasteiger partial charge on any atom is -0.459 e. The molecule has 0 heterocycles. The number of carbonyl (C=O) groups excluding carboxylic acids is 1. The summed E-state index contributed by atoms with van der Waals surface area (Å²) in [5, 5.41) is 0. The van der Waals surface area contributed by atoms with E-state index in [0.29, 0.717) is 4.47 Å². The lowest BCUT2D eigenvalue weighted by atomic mass is 10.2. The Morgan fingerprint density at radius 2 is 2.12 bits per heavy atom. The minimum atomic E-state index is -0.471. The lowest BCUT2D eigenvalue weighted by Crippen LogP contribution is -2.24. The van der Waals surface area contributed by atoms with Crippen LogP contribution >= 0.6 is 27.7 Å². The monoisotopic (exact) mass is 320 g/mol. The van der Waals surface area contributed by atoms with Gasteiger partial charge in [-0.05, 0) is 54.9 Å². The van der Waals surface area contributed by atoms with Crippen molar-refractivity contribution in [1.82, 2.24) is 0 Å². The first kappa shape index (κ1) is 14.5. The highest BCUT2D eigenvalue weighted by atomic mass is 79.9. The second kappa shape index (κ2) is 5.87. The molecule has 0 saturated carbocycles. The summed E-state index contributed by atoms with van der Waals surface area (Å²) in [5.74, 6) is -0.371. The van der Waals surface area contributed by atoms with Crippen molar-refractivity contribution < 1.29 is 13.9 Å². The van der Waals surface area contributed by atoms with Gasteiger partial charge >= 0.3 is 5.97 Å². The molecule has 94 valence electrons. The summed E-state index contributed by atoms with van der Waals surface area (Å²) in [5.41, 5.74) is -0.471. The van der Waals surface area contributed by atoms with Crippen molar-refractivity contribution in [3.05, 3.63) is 28.5 Å². The van der Waals surface area contributed by atoms with Crippen molar-refractivity contribution >= 4 is 33.7 Å². The van der Waals surface area contributed by atoms with Gasteiger partial charge in [-0.2, -0.15) is 0 Å². The van der Waals surface area contributed by atoms with Gasteiger partial charge in [-0.1, -0.05) is 0 Å². The Balaban J connectivity index is 2.50. The molecule has 1 aromatic carbocycles. The third kappa shape index (κ3) is 5.55. The number of carbonyl (C=O) groups is 1. The number of halogens is 2. The summed E-state index contributed by atoms with van der Waals surface area (Å²) >= 11 is 4.42. The molecule has 0 aliphatic rings. The number of thioether (sulfide) groups is 1. The number of rotatable bonds is 3. The van der Waals surface area contributed by atoms with Gasteiger partial charge in [-0.15, -0.1) is 11.8 Å². The average Bonchev–Trinajstić information content (AvgIpc) is 2.17. The average molecular weight is 321 g/mol. The SMILES string of the molecule is CC(C)(C)OC(=O)CSc1ccc(F)c(Br)c1. The predicted octanol–water partition coefficient (Wildman–Crippen LogP) is 4.02. The first-order chi connectivity index (χ1) is 7.78. The van der Waals surface area contributed by atoms with Crippen LogP contribution in [0.15, 0.2) is 27.6 Å². The van der Waals surface area contributed by atoms with Gasteiger partial charge in [-0.25, -0.2) is 4.39 Å². The van der Waals surface area contributed by atoms with Crippen molar-refractivity contribution in [2.24, 2.45) is 0 Å². The van der Waals surface area contributed by atoms with E-state index >= 15 is 0 Å². The number of hydrogen-bond donors (Lipinski definition) is 0. The van der Waals surface area contributed by atoms with E-state index in [4.69, 9.17) is 4.74 Å². The van der Waals surface area contributed by atoms with Gasteiger partial charge in [0.05, 0.1) is 10.2 Å². The molecular weight excluding hydrogens is 307 g/mol. The number of esters is 1. The van der Waals surface area contributed by atoms with Crippen LogP contribution in [0, 0.1) is 5.82 Å². The smallest absolute Gasteiger partial charge is 0.316 e. The molecular formula is C12H14BrFO2S. The van der Waals surface area contributed by atoms with Gasteiger partial charge in [0.1, 0.15) is 11.4 Å². The molecule has 0 aromatic heterocycles.